The first-order valence-corrected chi connectivity index (χ1v) is 9.07. The summed E-state index contributed by atoms with van der Waals surface area (Å²) in [5.74, 6) is -0.0111. The predicted molar refractivity (Wildman–Crippen MR) is 97.3 cm³/mol. The van der Waals surface area contributed by atoms with Gasteiger partial charge in [0.25, 0.3) is 5.91 Å². The highest BCUT2D eigenvalue weighted by Gasteiger charge is 2.38. The molecule has 1 aromatic heterocycles. The number of thiophene rings is 1. The number of benzene rings is 1. The summed E-state index contributed by atoms with van der Waals surface area (Å²) >= 11 is 1.50. The Balaban J connectivity index is 1.57. The molecule has 1 fully saturated rings. The van der Waals surface area contributed by atoms with E-state index in [2.05, 4.69) is 17.0 Å². The van der Waals surface area contributed by atoms with Crippen LogP contribution in [0.5, 0.6) is 0 Å². The lowest BCUT2D eigenvalue weighted by Crippen LogP contribution is -2.45. The van der Waals surface area contributed by atoms with Gasteiger partial charge in [-0.25, -0.2) is 0 Å². The van der Waals surface area contributed by atoms with E-state index in [9.17, 15) is 9.90 Å². The maximum absolute atomic E-state index is 12.5. The molecule has 1 amide bonds. The molecule has 1 aromatic carbocycles. The molecule has 1 aliphatic rings. The van der Waals surface area contributed by atoms with E-state index in [1.807, 2.05) is 37.3 Å². The van der Waals surface area contributed by atoms with Gasteiger partial charge in [-0.2, -0.15) is 0 Å². The Morgan fingerprint density at radius 2 is 2.04 bits per heavy atom. The molecule has 1 N–H and O–H groups in total. The molecule has 2 heterocycles. The fraction of sp³-hybridized carbons (Fsp3) is 0.421. The van der Waals surface area contributed by atoms with Crippen molar-refractivity contribution in [3.63, 3.8) is 0 Å². The molecule has 2 aromatic rings. The number of hydrogen-bond acceptors (Lipinski definition) is 4. The van der Waals surface area contributed by atoms with E-state index < -0.39 is 5.60 Å². The van der Waals surface area contributed by atoms with E-state index in [4.69, 9.17) is 0 Å². The third kappa shape index (κ3) is 4.04. The van der Waals surface area contributed by atoms with Gasteiger partial charge in [0, 0.05) is 31.6 Å². The SMILES string of the molecule is Cc1ccc(C(=O)N(C)C[C@@]2(O)CCN(Cc3ccccc3)C2)s1. The van der Waals surface area contributed by atoms with Gasteiger partial charge in [-0.15, -0.1) is 11.3 Å². The van der Waals surface area contributed by atoms with Gasteiger partial charge in [0.15, 0.2) is 0 Å². The average molecular weight is 344 g/mol. The maximum atomic E-state index is 12.5. The largest absolute Gasteiger partial charge is 0.387 e. The number of amides is 1. The minimum absolute atomic E-state index is 0.0111. The number of nitrogens with zero attached hydrogens (tertiary/aromatic N) is 2. The van der Waals surface area contributed by atoms with Crippen LogP contribution in [0, 0.1) is 6.92 Å². The lowest BCUT2D eigenvalue weighted by molar-refractivity contribution is 0.0172. The van der Waals surface area contributed by atoms with E-state index >= 15 is 0 Å². The molecule has 128 valence electrons. The molecular formula is C19H24N2O2S. The van der Waals surface area contributed by atoms with E-state index in [1.54, 1.807) is 11.9 Å². The summed E-state index contributed by atoms with van der Waals surface area (Å²) in [6.45, 7) is 4.65. The first-order chi connectivity index (χ1) is 11.5. The topological polar surface area (TPSA) is 43.8 Å². The van der Waals surface area contributed by atoms with Gasteiger partial charge in [0.05, 0.1) is 17.0 Å². The molecule has 1 aliphatic heterocycles. The Hall–Kier alpha value is -1.69. The summed E-state index contributed by atoms with van der Waals surface area (Å²) in [5.41, 5.74) is 0.422. The normalized spacial score (nSPS) is 21.1. The zero-order chi connectivity index (χ0) is 17.2. The second-order valence-electron chi connectivity index (χ2n) is 6.74. The van der Waals surface area contributed by atoms with Gasteiger partial charge in [-0.3, -0.25) is 9.69 Å². The van der Waals surface area contributed by atoms with E-state index in [0.29, 0.717) is 19.5 Å². The third-order valence-corrected chi connectivity index (χ3v) is 5.48. The van der Waals surface area contributed by atoms with Crippen LogP contribution in [0.4, 0.5) is 0 Å². The molecule has 0 aliphatic carbocycles. The van der Waals surface area contributed by atoms with Gasteiger partial charge >= 0.3 is 0 Å². The maximum Gasteiger partial charge on any atom is 0.263 e. The summed E-state index contributed by atoms with van der Waals surface area (Å²) in [5, 5.41) is 10.9. The Labute approximate surface area is 147 Å². The quantitative estimate of drug-likeness (QED) is 0.907. The van der Waals surface area contributed by atoms with E-state index in [1.165, 1.54) is 16.9 Å². The summed E-state index contributed by atoms with van der Waals surface area (Å²) in [4.78, 5) is 18.2. The molecule has 3 rings (SSSR count). The Morgan fingerprint density at radius 1 is 1.29 bits per heavy atom. The second-order valence-corrected chi connectivity index (χ2v) is 8.03. The van der Waals surface area contributed by atoms with Crippen LogP contribution in [0.3, 0.4) is 0 Å². The van der Waals surface area contributed by atoms with E-state index in [-0.39, 0.29) is 5.91 Å². The van der Waals surface area contributed by atoms with Crippen LogP contribution in [0.1, 0.15) is 26.5 Å². The van der Waals surface area contributed by atoms with Gasteiger partial charge in [-0.05, 0) is 31.0 Å². The molecule has 0 spiro atoms. The molecule has 0 bridgehead atoms. The fourth-order valence-electron chi connectivity index (χ4n) is 3.30. The molecular weight excluding hydrogens is 320 g/mol. The van der Waals surface area contributed by atoms with Crippen LogP contribution in [0.2, 0.25) is 0 Å². The lowest BCUT2D eigenvalue weighted by atomic mass is 10.0. The van der Waals surface area contributed by atoms with Gasteiger partial charge in [0.1, 0.15) is 0 Å². The van der Waals surface area contributed by atoms with Crippen LogP contribution in [-0.2, 0) is 6.54 Å². The van der Waals surface area contributed by atoms with Crippen LogP contribution < -0.4 is 0 Å². The molecule has 0 radical (unpaired) electrons. The molecule has 4 nitrogen and oxygen atoms in total. The highest BCUT2D eigenvalue weighted by Crippen LogP contribution is 2.25. The number of rotatable bonds is 5. The highest BCUT2D eigenvalue weighted by molar-refractivity contribution is 7.13. The van der Waals surface area contributed by atoms with Gasteiger partial charge in [0.2, 0.25) is 0 Å². The average Bonchev–Trinajstić information content (AvgIpc) is 3.14. The van der Waals surface area contributed by atoms with Gasteiger partial charge < -0.3 is 10.0 Å². The Bertz CT molecular complexity index is 700. The molecule has 0 unspecified atom stereocenters. The minimum atomic E-state index is -0.828. The number of aliphatic hydroxyl groups is 1. The first kappa shape index (κ1) is 17.1. The number of carbonyl (C=O) groups is 1. The van der Waals surface area contributed by atoms with Crippen molar-refractivity contribution < 1.29 is 9.90 Å². The zero-order valence-corrected chi connectivity index (χ0v) is 15.1. The highest BCUT2D eigenvalue weighted by atomic mass is 32.1. The van der Waals surface area contributed by atoms with Crippen molar-refractivity contribution in [1.29, 1.82) is 0 Å². The second kappa shape index (κ2) is 7.05. The number of likely N-dealkylation sites (N-methyl/N-ethyl adjacent to an activating group) is 1. The van der Waals surface area contributed by atoms with Crippen molar-refractivity contribution in [1.82, 2.24) is 9.80 Å². The van der Waals surface area contributed by atoms with Gasteiger partial charge in [-0.1, -0.05) is 30.3 Å². The van der Waals surface area contributed by atoms with Crippen molar-refractivity contribution in [3.8, 4) is 0 Å². The standard InChI is InChI=1S/C19H24N2O2S/c1-15-8-9-17(24-15)18(22)20(2)13-19(23)10-11-21(14-19)12-16-6-4-3-5-7-16/h3-9,23H,10-14H2,1-2H3/t19-/m0/s1. The van der Waals surface area contributed by atoms with Crippen LogP contribution >= 0.6 is 11.3 Å². The lowest BCUT2D eigenvalue weighted by Gasteiger charge is -2.29. The summed E-state index contributed by atoms with van der Waals surface area (Å²) in [6, 6.07) is 14.1. The summed E-state index contributed by atoms with van der Waals surface area (Å²) < 4.78 is 0. The third-order valence-electron chi connectivity index (χ3n) is 4.49. The minimum Gasteiger partial charge on any atom is -0.387 e. The molecule has 1 atom stereocenters. The Kier molecular flexibility index (Phi) is 5.04. The molecule has 5 heteroatoms. The van der Waals surface area contributed by atoms with Crippen LogP contribution in [0.25, 0.3) is 0 Å². The smallest absolute Gasteiger partial charge is 0.263 e. The van der Waals surface area contributed by atoms with Crippen molar-refractivity contribution in [3.05, 3.63) is 57.8 Å². The van der Waals surface area contributed by atoms with Crippen molar-refractivity contribution >= 4 is 17.2 Å². The predicted octanol–water partition coefficient (Wildman–Crippen LogP) is 2.77. The molecule has 24 heavy (non-hydrogen) atoms. The monoisotopic (exact) mass is 344 g/mol. The summed E-state index contributed by atoms with van der Waals surface area (Å²) in [7, 11) is 1.77. The van der Waals surface area contributed by atoms with Crippen molar-refractivity contribution in [2.45, 2.75) is 25.5 Å². The first-order valence-electron chi connectivity index (χ1n) is 8.26. The number of aryl methyl sites for hydroxylation is 1. The number of β-amino-alcohol motifs (C(OH)–C–C–N with tert-alkyl or cyclic N) is 1. The summed E-state index contributed by atoms with van der Waals surface area (Å²) in [6.07, 6.45) is 0.695. The number of hydrogen-bond donors (Lipinski definition) is 1. The van der Waals surface area contributed by atoms with Crippen LogP contribution in [0.15, 0.2) is 42.5 Å². The fourth-order valence-corrected chi connectivity index (χ4v) is 4.16. The molecule has 0 saturated carbocycles. The van der Waals surface area contributed by atoms with Crippen molar-refractivity contribution in [2.24, 2.45) is 0 Å². The number of carbonyl (C=O) groups excluding carboxylic acids is 1. The molecule has 1 saturated heterocycles. The van der Waals surface area contributed by atoms with E-state index in [0.717, 1.165) is 22.8 Å². The van der Waals surface area contributed by atoms with Crippen molar-refractivity contribution in [2.75, 3.05) is 26.7 Å². The number of likely N-dealkylation sites (tertiary alicyclic amines) is 1. The Morgan fingerprint density at radius 3 is 2.71 bits per heavy atom. The zero-order valence-electron chi connectivity index (χ0n) is 14.2. The van der Waals surface area contributed by atoms with Crippen LogP contribution in [-0.4, -0.2) is 53.1 Å².